The number of thioether (sulfide) groups is 1. The van der Waals surface area contributed by atoms with Gasteiger partial charge in [-0.05, 0) is 36.4 Å². The Balaban J connectivity index is 1.69. The van der Waals surface area contributed by atoms with Gasteiger partial charge in [-0.3, -0.25) is 4.79 Å². The summed E-state index contributed by atoms with van der Waals surface area (Å²) < 4.78 is 0. The number of fused-ring (bicyclic) bond motifs is 1. The highest BCUT2D eigenvalue weighted by Gasteiger charge is 2.30. The first kappa shape index (κ1) is 13.7. The lowest BCUT2D eigenvalue weighted by atomic mass is 10.1. The van der Waals surface area contributed by atoms with E-state index in [1.165, 1.54) is 15.3 Å². The summed E-state index contributed by atoms with van der Waals surface area (Å²) in [5.74, 6) is 0.266. The zero-order valence-electron chi connectivity index (χ0n) is 11.4. The summed E-state index contributed by atoms with van der Waals surface area (Å²) in [4.78, 5) is 17.2. The van der Waals surface area contributed by atoms with Crippen LogP contribution in [-0.2, 0) is 17.8 Å². The van der Waals surface area contributed by atoms with E-state index in [4.69, 9.17) is 0 Å². The van der Waals surface area contributed by atoms with Crippen LogP contribution in [0.2, 0.25) is 0 Å². The summed E-state index contributed by atoms with van der Waals surface area (Å²) in [5, 5.41) is 2.11. The summed E-state index contributed by atoms with van der Waals surface area (Å²) in [5.41, 5.74) is 1.31. The van der Waals surface area contributed by atoms with Crippen molar-refractivity contribution in [2.45, 2.75) is 30.0 Å². The molecule has 4 heteroatoms. The molecule has 2 aromatic rings. The normalized spacial score (nSPS) is 16.9. The highest BCUT2D eigenvalue weighted by Crippen LogP contribution is 2.37. The Hall–Kier alpha value is -1.26. The molecule has 0 saturated carbocycles. The van der Waals surface area contributed by atoms with Crippen molar-refractivity contribution in [1.82, 2.24) is 4.90 Å². The SMILES string of the molecule is CCN(Cc1cccs1)C(=O)C1Cc2ccccc2S1. The Labute approximate surface area is 127 Å². The lowest BCUT2D eigenvalue weighted by Crippen LogP contribution is -2.36. The molecule has 1 aliphatic rings. The Kier molecular flexibility index (Phi) is 4.13. The molecule has 20 heavy (non-hydrogen) atoms. The van der Waals surface area contributed by atoms with Gasteiger partial charge in [0, 0.05) is 16.3 Å². The number of rotatable bonds is 4. The van der Waals surface area contributed by atoms with Crippen LogP contribution >= 0.6 is 23.1 Å². The van der Waals surface area contributed by atoms with Crippen molar-refractivity contribution in [2.75, 3.05) is 6.54 Å². The average molecular weight is 303 g/mol. The van der Waals surface area contributed by atoms with Crippen LogP contribution in [-0.4, -0.2) is 22.6 Å². The fraction of sp³-hybridized carbons (Fsp3) is 0.312. The third kappa shape index (κ3) is 2.76. The number of thiophene rings is 1. The zero-order valence-corrected chi connectivity index (χ0v) is 13.0. The summed E-state index contributed by atoms with van der Waals surface area (Å²) in [6.45, 7) is 3.56. The first-order valence-electron chi connectivity index (χ1n) is 6.83. The summed E-state index contributed by atoms with van der Waals surface area (Å²) in [7, 11) is 0. The molecule has 1 aromatic carbocycles. The molecule has 0 radical (unpaired) electrons. The molecule has 0 fully saturated rings. The van der Waals surface area contributed by atoms with Gasteiger partial charge >= 0.3 is 0 Å². The smallest absolute Gasteiger partial charge is 0.236 e. The fourth-order valence-corrected chi connectivity index (χ4v) is 4.46. The summed E-state index contributed by atoms with van der Waals surface area (Å²) in [6, 6.07) is 12.5. The van der Waals surface area contributed by atoms with E-state index in [1.807, 2.05) is 17.0 Å². The molecule has 2 nitrogen and oxygen atoms in total. The van der Waals surface area contributed by atoms with Crippen LogP contribution in [0.4, 0.5) is 0 Å². The summed E-state index contributed by atoms with van der Waals surface area (Å²) >= 11 is 3.43. The minimum atomic E-state index is 0.0484. The molecule has 3 rings (SSSR count). The molecule has 1 aliphatic heterocycles. The van der Waals surface area contributed by atoms with E-state index in [0.29, 0.717) is 0 Å². The van der Waals surface area contributed by atoms with Gasteiger partial charge in [-0.2, -0.15) is 0 Å². The minimum Gasteiger partial charge on any atom is -0.337 e. The van der Waals surface area contributed by atoms with Crippen LogP contribution in [0.1, 0.15) is 17.4 Å². The quantitative estimate of drug-likeness (QED) is 0.856. The maximum atomic E-state index is 12.7. The van der Waals surface area contributed by atoms with Crippen LogP contribution in [0.15, 0.2) is 46.7 Å². The predicted octanol–water partition coefficient (Wildman–Crippen LogP) is 3.81. The highest BCUT2D eigenvalue weighted by atomic mass is 32.2. The average Bonchev–Trinajstić information content (AvgIpc) is 3.12. The molecule has 1 amide bonds. The van der Waals surface area contributed by atoms with Crippen LogP contribution in [0.3, 0.4) is 0 Å². The number of amides is 1. The standard InChI is InChI=1S/C16H17NOS2/c1-2-17(11-13-7-5-9-19-13)16(18)15-10-12-6-3-4-8-14(12)20-15/h3-9,15H,2,10-11H2,1H3. The molecule has 104 valence electrons. The molecule has 1 atom stereocenters. The van der Waals surface area contributed by atoms with E-state index in [0.717, 1.165) is 19.5 Å². The summed E-state index contributed by atoms with van der Waals surface area (Å²) in [6.07, 6.45) is 0.862. The first-order chi connectivity index (χ1) is 9.78. The lowest BCUT2D eigenvalue weighted by Gasteiger charge is -2.23. The molecular formula is C16H17NOS2. The lowest BCUT2D eigenvalue weighted by molar-refractivity contribution is -0.130. The van der Waals surface area contributed by atoms with Gasteiger partial charge < -0.3 is 4.90 Å². The largest absolute Gasteiger partial charge is 0.337 e. The van der Waals surface area contributed by atoms with E-state index in [9.17, 15) is 4.79 Å². The maximum absolute atomic E-state index is 12.7. The van der Waals surface area contributed by atoms with Gasteiger partial charge in [-0.1, -0.05) is 24.3 Å². The van der Waals surface area contributed by atoms with Gasteiger partial charge in [0.1, 0.15) is 0 Å². The van der Waals surface area contributed by atoms with Gasteiger partial charge in [0.25, 0.3) is 0 Å². The van der Waals surface area contributed by atoms with Crippen molar-refractivity contribution in [3.05, 3.63) is 52.2 Å². The highest BCUT2D eigenvalue weighted by molar-refractivity contribution is 8.01. The topological polar surface area (TPSA) is 20.3 Å². The monoisotopic (exact) mass is 303 g/mol. The Bertz CT molecular complexity index is 563. The number of carbonyl (C=O) groups is 1. The predicted molar refractivity (Wildman–Crippen MR) is 85.2 cm³/mol. The van der Waals surface area contributed by atoms with Crippen molar-refractivity contribution in [3.63, 3.8) is 0 Å². The molecule has 0 N–H and O–H groups in total. The molecule has 0 saturated heterocycles. The number of hydrogen-bond acceptors (Lipinski definition) is 3. The van der Waals surface area contributed by atoms with E-state index >= 15 is 0 Å². The Morgan fingerprint density at radius 3 is 2.85 bits per heavy atom. The number of nitrogens with zero attached hydrogens (tertiary/aromatic N) is 1. The van der Waals surface area contributed by atoms with Crippen LogP contribution in [0.25, 0.3) is 0 Å². The second kappa shape index (κ2) is 6.02. The number of benzene rings is 1. The Morgan fingerprint density at radius 1 is 1.30 bits per heavy atom. The maximum Gasteiger partial charge on any atom is 0.236 e. The van der Waals surface area contributed by atoms with Crippen LogP contribution in [0, 0.1) is 0 Å². The van der Waals surface area contributed by atoms with Crippen molar-refractivity contribution in [3.8, 4) is 0 Å². The fourth-order valence-electron chi connectivity index (χ4n) is 2.46. The van der Waals surface area contributed by atoms with E-state index in [2.05, 4.69) is 36.6 Å². The van der Waals surface area contributed by atoms with E-state index < -0.39 is 0 Å². The number of carbonyl (C=O) groups excluding carboxylic acids is 1. The number of hydrogen-bond donors (Lipinski definition) is 0. The molecule has 1 aromatic heterocycles. The van der Waals surface area contributed by atoms with Gasteiger partial charge in [0.2, 0.25) is 5.91 Å². The van der Waals surface area contributed by atoms with Gasteiger partial charge in [0.05, 0.1) is 11.8 Å². The van der Waals surface area contributed by atoms with Gasteiger partial charge in [-0.25, -0.2) is 0 Å². The van der Waals surface area contributed by atoms with Crippen molar-refractivity contribution >= 4 is 29.0 Å². The van der Waals surface area contributed by atoms with E-state index in [-0.39, 0.29) is 11.2 Å². The molecule has 0 aliphatic carbocycles. The second-order valence-corrected chi connectivity index (χ2v) is 7.13. The van der Waals surface area contributed by atoms with Gasteiger partial charge in [0.15, 0.2) is 0 Å². The Morgan fingerprint density at radius 2 is 2.15 bits per heavy atom. The molecule has 0 spiro atoms. The second-order valence-electron chi connectivity index (χ2n) is 4.85. The zero-order chi connectivity index (χ0) is 13.9. The first-order valence-corrected chi connectivity index (χ1v) is 8.59. The molecule has 2 heterocycles. The van der Waals surface area contributed by atoms with Crippen LogP contribution in [0.5, 0.6) is 0 Å². The molecule has 0 bridgehead atoms. The van der Waals surface area contributed by atoms with Crippen molar-refractivity contribution < 1.29 is 4.79 Å². The minimum absolute atomic E-state index is 0.0484. The third-order valence-electron chi connectivity index (χ3n) is 3.54. The third-order valence-corrected chi connectivity index (χ3v) is 5.71. The van der Waals surface area contributed by atoms with Crippen molar-refractivity contribution in [2.24, 2.45) is 0 Å². The molecule has 1 unspecified atom stereocenters. The van der Waals surface area contributed by atoms with Crippen LogP contribution < -0.4 is 0 Å². The van der Waals surface area contributed by atoms with E-state index in [1.54, 1.807) is 23.1 Å². The van der Waals surface area contributed by atoms with Crippen molar-refractivity contribution in [1.29, 1.82) is 0 Å². The van der Waals surface area contributed by atoms with Gasteiger partial charge in [-0.15, -0.1) is 23.1 Å². The molecular weight excluding hydrogens is 286 g/mol.